The lowest BCUT2D eigenvalue weighted by atomic mass is 10.2. The number of hydrogen-bond acceptors (Lipinski definition) is 5. The first kappa shape index (κ1) is 18.2. The number of aliphatic hydroxyl groups excluding tert-OH is 1. The van der Waals surface area contributed by atoms with Gasteiger partial charge in [0, 0.05) is 19.4 Å². The summed E-state index contributed by atoms with van der Waals surface area (Å²) in [5.74, 6) is -0.241. The van der Waals surface area contributed by atoms with Crippen molar-refractivity contribution in [1.82, 2.24) is 5.32 Å². The highest BCUT2D eigenvalue weighted by Gasteiger charge is 2.28. The molecular formula is C13H25ClN3O4+. The van der Waals surface area contributed by atoms with Gasteiger partial charge >= 0.3 is 5.97 Å². The number of rotatable bonds is 6. The van der Waals surface area contributed by atoms with Crippen LogP contribution in [0, 0.1) is 0 Å². The van der Waals surface area contributed by atoms with Crippen LogP contribution in [-0.2, 0) is 14.3 Å². The maximum absolute atomic E-state index is 11.8. The molecule has 7 nitrogen and oxygen atoms in total. The lowest BCUT2D eigenvalue weighted by Crippen LogP contribution is -3.18. The SMILES string of the molecule is NCC[NH+](CC(O)CCl)C1CNC(=O)CCCCC(=O)O1. The first-order chi connectivity index (χ1) is 10.1. The Morgan fingerprint density at radius 1 is 1.43 bits per heavy atom. The van der Waals surface area contributed by atoms with Crippen molar-refractivity contribution in [2.24, 2.45) is 5.73 Å². The number of ether oxygens (including phenoxy) is 1. The smallest absolute Gasteiger partial charge is 0.310 e. The predicted molar refractivity (Wildman–Crippen MR) is 77.8 cm³/mol. The number of carbonyl (C=O) groups excluding carboxylic acids is 2. The molecule has 5 N–H and O–H groups in total. The first-order valence-electron chi connectivity index (χ1n) is 7.31. The van der Waals surface area contributed by atoms with Crippen molar-refractivity contribution in [1.29, 1.82) is 0 Å². The topological polar surface area (TPSA) is 106 Å². The Hall–Kier alpha value is -0.890. The van der Waals surface area contributed by atoms with Crippen LogP contribution in [0.4, 0.5) is 0 Å². The number of hydrogen-bond donors (Lipinski definition) is 4. The minimum Gasteiger partial charge on any atom is -0.410 e. The highest BCUT2D eigenvalue weighted by molar-refractivity contribution is 6.18. The molecule has 0 aromatic heterocycles. The van der Waals surface area contributed by atoms with Crippen LogP contribution in [-0.4, -0.2) is 61.4 Å². The van der Waals surface area contributed by atoms with E-state index in [0.717, 1.165) is 4.90 Å². The van der Waals surface area contributed by atoms with E-state index in [1.54, 1.807) is 0 Å². The zero-order chi connectivity index (χ0) is 15.7. The van der Waals surface area contributed by atoms with Crippen molar-refractivity contribution >= 4 is 23.5 Å². The van der Waals surface area contributed by atoms with Gasteiger partial charge in [0.05, 0.1) is 12.4 Å². The van der Waals surface area contributed by atoms with Gasteiger partial charge in [-0.25, -0.2) is 0 Å². The Bertz CT molecular complexity index is 343. The summed E-state index contributed by atoms with van der Waals surface area (Å²) < 4.78 is 5.43. The van der Waals surface area contributed by atoms with E-state index in [4.69, 9.17) is 22.1 Å². The number of cyclic esters (lactones) is 1. The van der Waals surface area contributed by atoms with Crippen LogP contribution < -0.4 is 16.0 Å². The predicted octanol–water partition coefficient (Wildman–Crippen LogP) is -2.01. The van der Waals surface area contributed by atoms with E-state index in [1.165, 1.54) is 0 Å². The van der Waals surface area contributed by atoms with Gasteiger partial charge in [0.1, 0.15) is 19.2 Å². The third-order valence-electron chi connectivity index (χ3n) is 3.39. The quantitative estimate of drug-likeness (QED) is 0.334. The molecule has 21 heavy (non-hydrogen) atoms. The van der Waals surface area contributed by atoms with Gasteiger partial charge in [0.25, 0.3) is 6.23 Å². The molecular weight excluding hydrogens is 298 g/mol. The van der Waals surface area contributed by atoms with E-state index in [9.17, 15) is 14.7 Å². The summed E-state index contributed by atoms with van der Waals surface area (Å²) in [6.45, 7) is 1.43. The maximum atomic E-state index is 11.8. The molecule has 0 spiro atoms. The molecule has 122 valence electrons. The van der Waals surface area contributed by atoms with Gasteiger partial charge in [-0.3, -0.25) is 14.5 Å². The third-order valence-corrected chi connectivity index (χ3v) is 3.75. The second-order valence-electron chi connectivity index (χ2n) is 5.20. The van der Waals surface area contributed by atoms with Crippen LogP contribution in [0.5, 0.6) is 0 Å². The molecule has 1 aliphatic heterocycles. The second-order valence-corrected chi connectivity index (χ2v) is 5.51. The van der Waals surface area contributed by atoms with E-state index in [1.807, 2.05) is 0 Å². The van der Waals surface area contributed by atoms with E-state index in [2.05, 4.69) is 5.32 Å². The third kappa shape index (κ3) is 7.08. The van der Waals surface area contributed by atoms with Gasteiger partial charge in [0.2, 0.25) is 5.91 Å². The largest absolute Gasteiger partial charge is 0.410 e. The number of halogens is 1. The number of nitrogens with two attached hydrogens (primary N) is 1. The minimum atomic E-state index is -0.710. The summed E-state index contributed by atoms with van der Waals surface area (Å²) in [5, 5.41) is 12.5. The van der Waals surface area contributed by atoms with Gasteiger partial charge in [0.15, 0.2) is 0 Å². The molecule has 1 saturated heterocycles. The minimum absolute atomic E-state index is 0.0528. The monoisotopic (exact) mass is 322 g/mol. The summed E-state index contributed by atoms with van der Waals surface area (Å²) in [6.07, 6.45) is 0.763. The molecule has 3 atom stereocenters. The molecule has 1 aliphatic rings. The maximum Gasteiger partial charge on any atom is 0.310 e. The van der Waals surface area contributed by atoms with Crippen LogP contribution in [0.25, 0.3) is 0 Å². The van der Waals surface area contributed by atoms with Gasteiger partial charge in [-0.1, -0.05) is 0 Å². The van der Waals surface area contributed by atoms with E-state index >= 15 is 0 Å². The summed E-state index contributed by atoms with van der Waals surface area (Å²) in [7, 11) is 0. The lowest BCUT2D eigenvalue weighted by Gasteiger charge is -2.29. The molecule has 1 heterocycles. The van der Waals surface area contributed by atoms with Crippen molar-refractivity contribution in [2.45, 2.75) is 38.0 Å². The van der Waals surface area contributed by atoms with E-state index < -0.39 is 12.3 Å². The van der Waals surface area contributed by atoms with Crippen LogP contribution in [0.2, 0.25) is 0 Å². The Morgan fingerprint density at radius 3 is 2.81 bits per heavy atom. The number of quaternary nitrogens is 1. The van der Waals surface area contributed by atoms with Crippen molar-refractivity contribution in [3.63, 3.8) is 0 Å². The second kappa shape index (κ2) is 9.94. The first-order valence-corrected chi connectivity index (χ1v) is 7.85. The molecule has 1 rings (SSSR count). The molecule has 0 bridgehead atoms. The van der Waals surface area contributed by atoms with Gasteiger partial charge in [-0.2, -0.15) is 0 Å². The lowest BCUT2D eigenvalue weighted by molar-refractivity contribution is -0.945. The summed E-state index contributed by atoms with van der Waals surface area (Å²) >= 11 is 5.62. The fourth-order valence-corrected chi connectivity index (χ4v) is 2.38. The average Bonchev–Trinajstić information content (AvgIpc) is 2.47. The molecule has 8 heteroatoms. The van der Waals surface area contributed by atoms with Crippen LogP contribution in [0.1, 0.15) is 25.7 Å². The summed E-state index contributed by atoms with van der Waals surface area (Å²) in [6, 6.07) is 0. The molecule has 0 saturated carbocycles. The molecule has 3 unspecified atom stereocenters. The van der Waals surface area contributed by atoms with Crippen molar-refractivity contribution in [2.75, 3.05) is 32.1 Å². The molecule has 1 amide bonds. The Labute approximate surface area is 129 Å². The van der Waals surface area contributed by atoms with Gasteiger partial charge in [-0.15, -0.1) is 11.6 Å². The Morgan fingerprint density at radius 2 is 2.14 bits per heavy atom. The highest BCUT2D eigenvalue weighted by Crippen LogP contribution is 2.04. The molecule has 1 fully saturated rings. The van der Waals surface area contributed by atoms with Gasteiger partial charge < -0.3 is 20.9 Å². The molecule has 0 aromatic rings. The summed E-state index contributed by atoms with van der Waals surface area (Å²) in [4.78, 5) is 24.2. The van der Waals surface area contributed by atoms with Crippen molar-refractivity contribution in [3.05, 3.63) is 0 Å². The van der Waals surface area contributed by atoms with E-state index in [-0.39, 0.29) is 24.3 Å². The zero-order valence-corrected chi connectivity index (χ0v) is 12.9. The highest BCUT2D eigenvalue weighted by atomic mass is 35.5. The number of carbonyl (C=O) groups is 2. The van der Waals surface area contributed by atoms with Crippen molar-refractivity contribution in [3.8, 4) is 0 Å². The number of alkyl halides is 1. The van der Waals surface area contributed by atoms with Gasteiger partial charge in [-0.05, 0) is 12.8 Å². The number of amides is 1. The van der Waals surface area contributed by atoms with E-state index in [0.29, 0.717) is 45.3 Å². The Kier molecular flexibility index (Phi) is 8.60. The fourth-order valence-electron chi connectivity index (χ4n) is 2.27. The standard InChI is InChI=1S/C13H24ClN3O4/c14-7-10(18)9-17(6-5-15)12-8-16-11(19)3-1-2-4-13(20)21-12/h10,12,18H,1-9,15H2,(H,16,19)/p+1. The normalized spacial score (nSPS) is 23.9. The molecule has 0 aliphatic carbocycles. The van der Waals surface area contributed by atoms with Crippen LogP contribution in [0.15, 0.2) is 0 Å². The number of nitrogens with one attached hydrogen (secondary N) is 2. The average molecular weight is 323 g/mol. The molecule has 0 radical (unpaired) electrons. The summed E-state index contributed by atoms with van der Waals surface area (Å²) in [5.41, 5.74) is 5.58. The zero-order valence-electron chi connectivity index (χ0n) is 12.1. The van der Waals surface area contributed by atoms with Crippen LogP contribution in [0.3, 0.4) is 0 Å². The Balaban J connectivity index is 2.72. The number of aliphatic hydroxyl groups is 1. The van der Waals surface area contributed by atoms with Crippen molar-refractivity contribution < 1.29 is 24.3 Å². The molecule has 0 aromatic carbocycles. The number of esters is 1. The fraction of sp³-hybridized carbons (Fsp3) is 0.846. The van der Waals surface area contributed by atoms with Crippen LogP contribution >= 0.6 is 11.6 Å².